The van der Waals surface area contributed by atoms with E-state index in [1.165, 1.54) is 24.0 Å². The molecule has 1 unspecified atom stereocenters. The molecule has 1 saturated heterocycles. The number of sulfone groups is 1. The summed E-state index contributed by atoms with van der Waals surface area (Å²) in [6.45, 7) is 1.95. The van der Waals surface area contributed by atoms with Crippen LogP contribution in [0, 0.1) is 0 Å². The van der Waals surface area contributed by atoms with Gasteiger partial charge in [-0.15, -0.1) is 0 Å². The van der Waals surface area contributed by atoms with Gasteiger partial charge in [-0.2, -0.15) is 0 Å². The number of carbonyl (C=O) groups excluding carboxylic acids is 1. The monoisotopic (exact) mass is 417 g/mol. The fourth-order valence-electron chi connectivity index (χ4n) is 3.49. The van der Waals surface area contributed by atoms with Crippen molar-refractivity contribution in [3.8, 4) is 11.5 Å². The van der Waals surface area contributed by atoms with Crippen molar-refractivity contribution < 1.29 is 22.7 Å². The maximum Gasteiger partial charge on any atom is 0.222 e. The molecular formula is C22H27NO5S. The molecule has 0 aliphatic carbocycles. The Kier molecular flexibility index (Phi) is 6.79. The maximum absolute atomic E-state index is 12.5. The molecule has 0 aromatic heterocycles. The highest BCUT2D eigenvalue weighted by atomic mass is 32.2. The van der Waals surface area contributed by atoms with Gasteiger partial charge >= 0.3 is 0 Å². The van der Waals surface area contributed by atoms with Gasteiger partial charge in [-0.1, -0.05) is 12.1 Å². The van der Waals surface area contributed by atoms with Crippen molar-refractivity contribution in [1.29, 1.82) is 0 Å². The minimum Gasteiger partial charge on any atom is -0.497 e. The van der Waals surface area contributed by atoms with E-state index in [0.29, 0.717) is 31.1 Å². The summed E-state index contributed by atoms with van der Waals surface area (Å²) < 4.78 is 33.7. The quantitative estimate of drug-likeness (QED) is 0.617. The molecule has 0 bridgehead atoms. The van der Waals surface area contributed by atoms with E-state index in [1.54, 1.807) is 19.2 Å². The van der Waals surface area contributed by atoms with Crippen LogP contribution >= 0.6 is 0 Å². The number of ether oxygens (including phenoxy) is 2. The predicted molar refractivity (Wildman–Crippen MR) is 111 cm³/mol. The Balaban J connectivity index is 1.40. The van der Waals surface area contributed by atoms with Crippen molar-refractivity contribution in [1.82, 2.24) is 4.90 Å². The number of rotatable bonds is 8. The molecule has 0 radical (unpaired) electrons. The van der Waals surface area contributed by atoms with Crippen LogP contribution in [0.1, 0.15) is 30.7 Å². The number of amides is 1. The molecule has 0 N–H and O–H groups in total. The summed E-state index contributed by atoms with van der Waals surface area (Å²) in [7, 11) is -1.55. The van der Waals surface area contributed by atoms with Crippen molar-refractivity contribution in [2.75, 3.05) is 33.1 Å². The highest BCUT2D eigenvalue weighted by Gasteiger charge is 2.26. The number of nitrogens with zero attached hydrogens (tertiary/aromatic N) is 1. The number of hydrogen-bond acceptors (Lipinski definition) is 5. The van der Waals surface area contributed by atoms with Gasteiger partial charge in [-0.25, -0.2) is 8.42 Å². The van der Waals surface area contributed by atoms with Gasteiger partial charge in [0.1, 0.15) is 11.5 Å². The second kappa shape index (κ2) is 9.31. The zero-order chi connectivity index (χ0) is 20.9. The first-order valence-corrected chi connectivity index (χ1v) is 11.6. The summed E-state index contributed by atoms with van der Waals surface area (Å²) in [6.07, 6.45) is 3.21. The van der Waals surface area contributed by atoms with Gasteiger partial charge in [-0.3, -0.25) is 4.79 Å². The summed E-state index contributed by atoms with van der Waals surface area (Å²) in [5.74, 6) is 1.96. The van der Waals surface area contributed by atoms with Crippen LogP contribution in [0.5, 0.6) is 11.5 Å². The van der Waals surface area contributed by atoms with E-state index < -0.39 is 9.84 Å². The van der Waals surface area contributed by atoms with Crippen LogP contribution in [-0.4, -0.2) is 52.3 Å². The average Bonchev–Trinajstić information content (AvgIpc) is 3.21. The lowest BCUT2D eigenvalue weighted by molar-refractivity contribution is -0.130. The molecule has 1 fully saturated rings. The summed E-state index contributed by atoms with van der Waals surface area (Å²) in [6, 6.07) is 14.4. The van der Waals surface area contributed by atoms with Crippen LogP contribution in [0.3, 0.4) is 0 Å². The third kappa shape index (κ3) is 5.73. The Morgan fingerprint density at radius 3 is 2.34 bits per heavy atom. The van der Waals surface area contributed by atoms with E-state index in [-0.39, 0.29) is 10.8 Å². The summed E-state index contributed by atoms with van der Waals surface area (Å²) >= 11 is 0. The smallest absolute Gasteiger partial charge is 0.222 e. The second-order valence-corrected chi connectivity index (χ2v) is 9.31. The van der Waals surface area contributed by atoms with Crippen LogP contribution in [0.4, 0.5) is 0 Å². The van der Waals surface area contributed by atoms with Gasteiger partial charge in [0.25, 0.3) is 0 Å². The van der Waals surface area contributed by atoms with Crippen LogP contribution in [0.25, 0.3) is 0 Å². The summed E-state index contributed by atoms with van der Waals surface area (Å²) in [4.78, 5) is 14.7. The topological polar surface area (TPSA) is 72.9 Å². The van der Waals surface area contributed by atoms with Crippen LogP contribution in [0.15, 0.2) is 53.4 Å². The van der Waals surface area contributed by atoms with E-state index >= 15 is 0 Å². The molecule has 1 amide bonds. The van der Waals surface area contributed by atoms with E-state index in [4.69, 9.17) is 9.47 Å². The third-order valence-electron chi connectivity index (χ3n) is 5.18. The van der Waals surface area contributed by atoms with Crippen molar-refractivity contribution in [3.63, 3.8) is 0 Å². The van der Waals surface area contributed by atoms with Gasteiger partial charge in [0.2, 0.25) is 5.91 Å². The van der Waals surface area contributed by atoms with Crippen LogP contribution < -0.4 is 9.47 Å². The fraction of sp³-hybridized carbons (Fsp3) is 0.409. The van der Waals surface area contributed by atoms with Crippen LogP contribution in [-0.2, 0) is 14.6 Å². The van der Waals surface area contributed by atoms with E-state index in [1.807, 2.05) is 17.0 Å². The summed E-state index contributed by atoms with van der Waals surface area (Å²) in [5.41, 5.74) is 1.24. The molecular weight excluding hydrogens is 390 g/mol. The Hall–Kier alpha value is -2.54. The highest BCUT2D eigenvalue weighted by molar-refractivity contribution is 7.90. The molecule has 156 valence electrons. The molecule has 6 nitrogen and oxygen atoms in total. The Labute approximate surface area is 172 Å². The van der Waals surface area contributed by atoms with Crippen molar-refractivity contribution in [2.24, 2.45) is 0 Å². The van der Waals surface area contributed by atoms with Crippen molar-refractivity contribution >= 4 is 15.7 Å². The summed E-state index contributed by atoms with van der Waals surface area (Å²) in [5, 5.41) is 0. The minimum absolute atomic E-state index is 0.150. The first-order chi connectivity index (χ1) is 13.9. The fourth-order valence-corrected chi connectivity index (χ4v) is 4.12. The molecule has 7 heteroatoms. The van der Waals surface area contributed by atoms with Gasteiger partial charge in [0.05, 0.1) is 18.6 Å². The number of likely N-dealkylation sites (tertiary alicyclic amines) is 1. The van der Waals surface area contributed by atoms with E-state index in [0.717, 1.165) is 25.3 Å². The van der Waals surface area contributed by atoms with E-state index in [2.05, 4.69) is 12.1 Å². The van der Waals surface area contributed by atoms with Crippen molar-refractivity contribution in [2.45, 2.75) is 30.1 Å². The number of hydrogen-bond donors (Lipinski definition) is 0. The lowest BCUT2D eigenvalue weighted by Crippen LogP contribution is -2.28. The van der Waals surface area contributed by atoms with Gasteiger partial charge in [0, 0.05) is 31.7 Å². The minimum atomic E-state index is -3.21. The normalized spacial score (nSPS) is 16.6. The van der Waals surface area contributed by atoms with E-state index in [9.17, 15) is 13.2 Å². The highest BCUT2D eigenvalue weighted by Crippen LogP contribution is 2.29. The largest absolute Gasteiger partial charge is 0.497 e. The number of carbonyl (C=O) groups is 1. The number of benzene rings is 2. The molecule has 29 heavy (non-hydrogen) atoms. The SMILES string of the molecule is COc1ccc(C2CCN(C(=O)CCCOc3ccc(S(C)(=O)=O)cc3)C2)cc1. The van der Waals surface area contributed by atoms with Crippen LogP contribution in [0.2, 0.25) is 0 Å². The zero-order valence-electron chi connectivity index (χ0n) is 16.8. The first-order valence-electron chi connectivity index (χ1n) is 9.71. The lowest BCUT2D eigenvalue weighted by atomic mass is 9.98. The van der Waals surface area contributed by atoms with Gasteiger partial charge < -0.3 is 14.4 Å². The predicted octanol–water partition coefficient (Wildman–Crippen LogP) is 3.27. The molecule has 3 rings (SSSR count). The molecule has 1 aliphatic rings. The number of methoxy groups -OCH3 is 1. The van der Waals surface area contributed by atoms with Gasteiger partial charge in [0.15, 0.2) is 9.84 Å². The maximum atomic E-state index is 12.5. The Morgan fingerprint density at radius 2 is 1.72 bits per heavy atom. The third-order valence-corrected chi connectivity index (χ3v) is 6.31. The molecule has 2 aromatic rings. The molecule has 2 aromatic carbocycles. The molecule has 1 heterocycles. The standard InChI is InChI=1S/C22H27NO5S/c1-27-19-7-5-17(6-8-19)18-13-14-23(16-18)22(24)4-3-15-28-20-9-11-21(12-10-20)29(2,25)26/h5-12,18H,3-4,13-16H2,1-2H3. The zero-order valence-corrected chi connectivity index (χ0v) is 17.7. The molecule has 0 spiro atoms. The Morgan fingerprint density at radius 1 is 1.07 bits per heavy atom. The molecule has 0 saturated carbocycles. The second-order valence-electron chi connectivity index (χ2n) is 7.29. The Bertz CT molecular complexity index is 923. The van der Waals surface area contributed by atoms with Crippen molar-refractivity contribution in [3.05, 3.63) is 54.1 Å². The van der Waals surface area contributed by atoms with Gasteiger partial charge in [-0.05, 0) is 54.8 Å². The lowest BCUT2D eigenvalue weighted by Gasteiger charge is -2.17. The molecule has 1 aliphatic heterocycles. The average molecular weight is 418 g/mol. The first kappa shape index (κ1) is 21.2. The molecule has 1 atom stereocenters.